The number of carbonyl (C=O) groups is 1. The summed E-state index contributed by atoms with van der Waals surface area (Å²) in [5, 5.41) is 3.97. The van der Waals surface area contributed by atoms with Crippen LogP contribution >= 0.6 is 11.5 Å². The zero-order valence-electron chi connectivity index (χ0n) is 19.6. The normalized spacial score (nSPS) is 18.3. The lowest BCUT2D eigenvalue weighted by molar-refractivity contribution is 0.0943. The number of hydrogen-bond donors (Lipinski definition) is 1. The lowest BCUT2D eigenvalue weighted by Crippen LogP contribution is -2.41. The maximum absolute atomic E-state index is 12.1. The summed E-state index contributed by atoms with van der Waals surface area (Å²) in [5.41, 5.74) is 0.622. The number of piperidine rings is 2. The average molecular weight is 458 g/mol. The molecule has 2 aromatic heterocycles. The van der Waals surface area contributed by atoms with Crippen molar-refractivity contribution in [2.24, 2.45) is 11.8 Å². The number of carbonyl (C=O) groups excluding carboxylic acids is 1. The molecule has 0 bridgehead atoms. The van der Waals surface area contributed by atoms with Crippen molar-refractivity contribution < 1.29 is 4.79 Å². The molecule has 0 saturated carbocycles. The maximum Gasteiger partial charge on any atom is 0.253 e. The molecule has 4 heterocycles. The first kappa shape index (κ1) is 22.8. The monoisotopic (exact) mass is 457 g/mol. The van der Waals surface area contributed by atoms with E-state index < -0.39 is 0 Å². The number of anilines is 3. The summed E-state index contributed by atoms with van der Waals surface area (Å²) in [7, 11) is 3.97. The van der Waals surface area contributed by atoms with Gasteiger partial charge in [-0.2, -0.15) is 9.36 Å². The van der Waals surface area contributed by atoms with Crippen LogP contribution in [0.3, 0.4) is 0 Å². The van der Waals surface area contributed by atoms with Gasteiger partial charge in [-0.1, -0.05) is 0 Å². The smallest absolute Gasteiger partial charge is 0.253 e. The summed E-state index contributed by atoms with van der Waals surface area (Å²) in [6, 6.07) is 4.00. The largest absolute Gasteiger partial charge is 0.357 e. The van der Waals surface area contributed by atoms with E-state index in [9.17, 15) is 4.79 Å². The molecular weight excluding hydrogens is 422 g/mol. The first-order valence-electron chi connectivity index (χ1n) is 11.7. The van der Waals surface area contributed by atoms with Crippen molar-refractivity contribution in [3.05, 3.63) is 23.9 Å². The SMILES string of the molecule is CC(C)NC(=O)c1ccc(N2CCC(C3CCN(c4nc(N(C)C)ns4)CC3)CC2)nc1. The van der Waals surface area contributed by atoms with Gasteiger partial charge in [0.1, 0.15) is 5.82 Å². The fourth-order valence-electron chi connectivity index (χ4n) is 4.73. The second kappa shape index (κ2) is 10.0. The molecular formula is C23H35N7OS. The Hall–Kier alpha value is -2.42. The van der Waals surface area contributed by atoms with E-state index in [0.717, 1.165) is 54.9 Å². The number of amides is 1. The summed E-state index contributed by atoms with van der Waals surface area (Å²) in [5.74, 6) is 3.31. The highest BCUT2D eigenvalue weighted by Crippen LogP contribution is 2.35. The van der Waals surface area contributed by atoms with Crippen LogP contribution in [0, 0.1) is 11.8 Å². The molecule has 2 saturated heterocycles. The zero-order chi connectivity index (χ0) is 22.7. The van der Waals surface area contributed by atoms with Crippen LogP contribution in [0.1, 0.15) is 49.9 Å². The Morgan fingerprint density at radius 3 is 2.19 bits per heavy atom. The van der Waals surface area contributed by atoms with E-state index in [-0.39, 0.29) is 11.9 Å². The van der Waals surface area contributed by atoms with Crippen LogP contribution in [0.25, 0.3) is 0 Å². The predicted molar refractivity (Wildman–Crippen MR) is 131 cm³/mol. The molecule has 0 aliphatic carbocycles. The summed E-state index contributed by atoms with van der Waals surface area (Å²) in [6.07, 6.45) is 6.60. The molecule has 2 fully saturated rings. The van der Waals surface area contributed by atoms with Crippen molar-refractivity contribution in [2.45, 2.75) is 45.6 Å². The molecule has 4 rings (SSSR count). The lowest BCUT2D eigenvalue weighted by atomic mass is 9.79. The van der Waals surface area contributed by atoms with Gasteiger partial charge in [0.05, 0.1) is 5.56 Å². The second-order valence-electron chi connectivity index (χ2n) is 9.45. The van der Waals surface area contributed by atoms with E-state index in [1.165, 1.54) is 37.2 Å². The summed E-state index contributed by atoms with van der Waals surface area (Å²) in [6.45, 7) is 8.16. The number of rotatable bonds is 6. The molecule has 8 nitrogen and oxygen atoms in total. The fraction of sp³-hybridized carbons (Fsp3) is 0.652. The number of aromatic nitrogens is 3. The molecule has 9 heteroatoms. The topological polar surface area (TPSA) is 77.5 Å². The van der Waals surface area contributed by atoms with Crippen LogP contribution < -0.4 is 20.0 Å². The average Bonchev–Trinajstić information content (AvgIpc) is 3.30. The lowest BCUT2D eigenvalue weighted by Gasteiger charge is -2.40. The summed E-state index contributed by atoms with van der Waals surface area (Å²) in [4.78, 5) is 28.1. The van der Waals surface area contributed by atoms with Crippen LogP contribution in [-0.2, 0) is 0 Å². The van der Waals surface area contributed by atoms with E-state index in [1.807, 2.05) is 45.0 Å². The van der Waals surface area contributed by atoms with Gasteiger partial charge in [0.15, 0.2) is 0 Å². The van der Waals surface area contributed by atoms with Crippen LogP contribution in [0.15, 0.2) is 18.3 Å². The molecule has 0 radical (unpaired) electrons. The van der Waals surface area contributed by atoms with Crippen LogP contribution in [0.5, 0.6) is 0 Å². The first-order valence-corrected chi connectivity index (χ1v) is 12.5. The van der Waals surface area contributed by atoms with Crippen molar-refractivity contribution >= 4 is 34.3 Å². The molecule has 2 aliphatic heterocycles. The van der Waals surface area contributed by atoms with Crippen LogP contribution in [0.2, 0.25) is 0 Å². The van der Waals surface area contributed by atoms with Gasteiger partial charge in [-0.3, -0.25) is 4.79 Å². The Balaban J connectivity index is 1.25. The maximum atomic E-state index is 12.1. The molecule has 32 heavy (non-hydrogen) atoms. The predicted octanol–water partition coefficient (Wildman–Crippen LogP) is 3.27. The van der Waals surface area contributed by atoms with Crippen molar-refractivity contribution in [3.8, 4) is 0 Å². The van der Waals surface area contributed by atoms with Gasteiger partial charge >= 0.3 is 0 Å². The fourth-order valence-corrected chi connectivity index (χ4v) is 5.52. The number of pyridine rings is 1. The van der Waals surface area contributed by atoms with Gasteiger partial charge in [0, 0.05) is 64.0 Å². The highest BCUT2D eigenvalue weighted by molar-refractivity contribution is 7.09. The van der Waals surface area contributed by atoms with E-state index in [1.54, 1.807) is 6.20 Å². The van der Waals surface area contributed by atoms with E-state index in [4.69, 9.17) is 0 Å². The molecule has 0 spiro atoms. The standard InChI is InChI=1S/C23H35N7OS/c1-16(2)25-21(31)19-5-6-20(24-15-19)29-11-7-17(8-12-29)18-9-13-30(14-10-18)23-26-22(27-32-23)28(3)4/h5-6,15-18H,7-14H2,1-4H3,(H,25,31). The minimum Gasteiger partial charge on any atom is -0.357 e. The third-order valence-corrected chi connectivity index (χ3v) is 7.34. The Bertz CT molecular complexity index is 882. The second-order valence-corrected chi connectivity index (χ2v) is 10.2. The highest BCUT2D eigenvalue weighted by Gasteiger charge is 2.31. The molecule has 0 unspecified atom stereocenters. The Labute approximate surface area is 195 Å². The third kappa shape index (κ3) is 5.31. The summed E-state index contributed by atoms with van der Waals surface area (Å²) < 4.78 is 4.45. The number of hydrogen-bond acceptors (Lipinski definition) is 8. The van der Waals surface area contributed by atoms with E-state index in [2.05, 4.69) is 29.5 Å². The van der Waals surface area contributed by atoms with Crippen LogP contribution in [0.4, 0.5) is 16.9 Å². The molecule has 2 aliphatic rings. The zero-order valence-corrected chi connectivity index (χ0v) is 20.4. The molecule has 0 aromatic carbocycles. The molecule has 1 N–H and O–H groups in total. The van der Waals surface area contributed by atoms with Gasteiger partial charge in [0.25, 0.3) is 5.91 Å². The van der Waals surface area contributed by atoms with Crippen molar-refractivity contribution in [1.82, 2.24) is 19.7 Å². The number of nitrogens with zero attached hydrogens (tertiary/aromatic N) is 6. The van der Waals surface area contributed by atoms with Gasteiger partial charge in [-0.05, 0) is 63.5 Å². The highest BCUT2D eigenvalue weighted by atomic mass is 32.1. The molecule has 0 atom stereocenters. The van der Waals surface area contributed by atoms with Gasteiger partial charge in [-0.15, -0.1) is 0 Å². The van der Waals surface area contributed by atoms with Gasteiger partial charge in [-0.25, -0.2) is 4.98 Å². The number of nitrogens with one attached hydrogen (secondary N) is 1. The molecule has 174 valence electrons. The Morgan fingerprint density at radius 1 is 1.06 bits per heavy atom. The Kier molecular flexibility index (Phi) is 7.13. The van der Waals surface area contributed by atoms with Crippen molar-refractivity contribution in [2.75, 3.05) is 55.0 Å². The van der Waals surface area contributed by atoms with Crippen molar-refractivity contribution in [3.63, 3.8) is 0 Å². The minimum atomic E-state index is -0.0597. The van der Waals surface area contributed by atoms with Gasteiger partial charge < -0.3 is 20.0 Å². The third-order valence-electron chi connectivity index (χ3n) is 6.57. The van der Waals surface area contributed by atoms with E-state index >= 15 is 0 Å². The summed E-state index contributed by atoms with van der Waals surface area (Å²) >= 11 is 1.51. The van der Waals surface area contributed by atoms with E-state index in [0.29, 0.717) is 5.56 Å². The molecule has 1 amide bonds. The first-order chi connectivity index (χ1) is 15.4. The minimum absolute atomic E-state index is 0.0597. The Morgan fingerprint density at radius 2 is 1.69 bits per heavy atom. The van der Waals surface area contributed by atoms with Gasteiger partial charge in [0.2, 0.25) is 11.1 Å². The molecule has 2 aromatic rings. The van der Waals surface area contributed by atoms with Crippen molar-refractivity contribution in [1.29, 1.82) is 0 Å². The van der Waals surface area contributed by atoms with Crippen LogP contribution in [-0.4, -0.2) is 66.6 Å². The quantitative estimate of drug-likeness (QED) is 0.713.